The van der Waals surface area contributed by atoms with Gasteiger partial charge < -0.3 is 15.1 Å². The lowest BCUT2D eigenvalue weighted by molar-refractivity contribution is -0.187. The van der Waals surface area contributed by atoms with Crippen LogP contribution in [0.1, 0.15) is 29.2 Å². The molecule has 5 rings (SSSR count). The van der Waals surface area contributed by atoms with Gasteiger partial charge in [-0.2, -0.15) is 0 Å². The minimum absolute atomic E-state index is 0.0138. The predicted molar refractivity (Wildman–Crippen MR) is 144 cm³/mol. The highest BCUT2D eigenvalue weighted by Gasteiger charge is 2.51. The smallest absolute Gasteiger partial charge is 0.334 e. The number of carbonyl (C=O) groups excluding carboxylic acids is 3. The third-order valence-corrected chi connectivity index (χ3v) is 7.18. The number of piperazine rings is 1. The van der Waals surface area contributed by atoms with Gasteiger partial charge in [-0.25, -0.2) is 14.8 Å². The zero-order valence-corrected chi connectivity index (χ0v) is 21.6. The summed E-state index contributed by atoms with van der Waals surface area (Å²) in [6.45, 7) is 1.18. The van der Waals surface area contributed by atoms with Crippen LogP contribution in [0.3, 0.4) is 0 Å². The zero-order valence-electron chi connectivity index (χ0n) is 21.6. The molecule has 0 bridgehead atoms. The molecule has 0 aromatic heterocycles. The SMILES string of the molecule is CN1CC(=O)N2C(c3ccccc3)C(=O)N(CCCc3ccccc3)C[C@@H]2N1C(=O)NCc1ccccc1. The number of carbonyl (C=O) groups is 3. The van der Waals surface area contributed by atoms with Crippen LogP contribution in [0, 0.1) is 0 Å². The van der Waals surface area contributed by atoms with Crippen molar-refractivity contribution in [3.8, 4) is 0 Å². The minimum Gasteiger partial charge on any atom is -0.337 e. The quantitative estimate of drug-likeness (QED) is 0.528. The minimum atomic E-state index is -0.780. The van der Waals surface area contributed by atoms with Gasteiger partial charge in [0, 0.05) is 20.1 Å². The highest BCUT2D eigenvalue weighted by molar-refractivity contribution is 5.92. The average Bonchev–Trinajstić information content (AvgIpc) is 2.94. The first-order chi connectivity index (χ1) is 18.5. The third-order valence-electron chi connectivity index (χ3n) is 7.18. The Labute approximate surface area is 223 Å². The lowest BCUT2D eigenvalue weighted by Gasteiger charge is -2.54. The van der Waals surface area contributed by atoms with Crippen molar-refractivity contribution in [1.29, 1.82) is 0 Å². The summed E-state index contributed by atoms with van der Waals surface area (Å²) >= 11 is 0. The number of hydrazine groups is 1. The van der Waals surface area contributed by atoms with Gasteiger partial charge in [0.1, 0.15) is 12.2 Å². The van der Waals surface area contributed by atoms with Gasteiger partial charge in [-0.3, -0.25) is 9.59 Å². The molecule has 0 radical (unpaired) electrons. The highest BCUT2D eigenvalue weighted by Crippen LogP contribution is 2.34. The Kier molecular flexibility index (Phi) is 7.70. The van der Waals surface area contributed by atoms with Crippen LogP contribution >= 0.6 is 0 Å². The summed E-state index contributed by atoms with van der Waals surface area (Å²) in [5, 5.41) is 6.25. The van der Waals surface area contributed by atoms with Crippen LogP contribution in [0.2, 0.25) is 0 Å². The molecule has 8 nitrogen and oxygen atoms in total. The Morgan fingerprint density at radius 3 is 2.13 bits per heavy atom. The molecule has 196 valence electrons. The standard InChI is InChI=1S/C30H33N5O3/c1-32-22-27(36)34-26(35(32)30(38)31-20-24-14-7-3-8-15-24)21-33(19-11-16-23-12-5-2-6-13-23)29(37)28(34)25-17-9-4-10-18-25/h2-10,12-15,17-18,26,28H,11,16,19-22H2,1H3,(H,31,38)/t26-,28?/m0/s1. The number of aryl methyl sites for hydroxylation is 1. The molecule has 3 aromatic rings. The van der Waals surface area contributed by atoms with Crippen molar-refractivity contribution in [3.63, 3.8) is 0 Å². The molecule has 2 heterocycles. The Balaban J connectivity index is 1.40. The topological polar surface area (TPSA) is 76.2 Å². The van der Waals surface area contributed by atoms with Crippen LogP contribution in [0.4, 0.5) is 4.79 Å². The van der Waals surface area contributed by atoms with Crippen LogP contribution in [0.5, 0.6) is 0 Å². The molecule has 0 aliphatic carbocycles. The van der Waals surface area contributed by atoms with Gasteiger partial charge in [0.2, 0.25) is 11.8 Å². The van der Waals surface area contributed by atoms with Gasteiger partial charge in [0.25, 0.3) is 0 Å². The molecule has 2 fully saturated rings. The van der Waals surface area contributed by atoms with Crippen LogP contribution in [-0.4, -0.2) is 70.5 Å². The molecule has 3 aromatic carbocycles. The molecule has 2 aliphatic heterocycles. The van der Waals surface area contributed by atoms with E-state index in [9.17, 15) is 14.4 Å². The molecule has 38 heavy (non-hydrogen) atoms. The number of nitrogens with zero attached hydrogens (tertiary/aromatic N) is 4. The monoisotopic (exact) mass is 511 g/mol. The number of fused-ring (bicyclic) bond motifs is 1. The van der Waals surface area contributed by atoms with Crippen molar-refractivity contribution in [2.24, 2.45) is 0 Å². The first-order valence-electron chi connectivity index (χ1n) is 13.0. The maximum absolute atomic E-state index is 13.8. The summed E-state index contributed by atoms with van der Waals surface area (Å²) in [4.78, 5) is 44.1. The maximum Gasteiger partial charge on any atom is 0.334 e. The molecule has 1 N–H and O–H groups in total. The van der Waals surface area contributed by atoms with Crippen molar-refractivity contribution >= 4 is 17.8 Å². The molecule has 4 amide bonds. The van der Waals surface area contributed by atoms with E-state index in [2.05, 4.69) is 17.4 Å². The zero-order chi connectivity index (χ0) is 26.5. The van der Waals surface area contributed by atoms with E-state index in [1.165, 1.54) is 5.56 Å². The van der Waals surface area contributed by atoms with Crippen molar-refractivity contribution in [2.75, 3.05) is 26.7 Å². The summed E-state index contributed by atoms with van der Waals surface area (Å²) in [5.41, 5.74) is 2.95. The van der Waals surface area contributed by atoms with Crippen LogP contribution in [-0.2, 0) is 22.6 Å². The maximum atomic E-state index is 13.8. The molecule has 8 heteroatoms. The first-order valence-corrected chi connectivity index (χ1v) is 13.0. The van der Waals surface area contributed by atoms with E-state index >= 15 is 0 Å². The number of hydrogen-bond donors (Lipinski definition) is 1. The van der Waals surface area contributed by atoms with Gasteiger partial charge in [-0.15, -0.1) is 0 Å². The second-order valence-electron chi connectivity index (χ2n) is 9.77. The third kappa shape index (κ3) is 5.40. The van der Waals surface area contributed by atoms with Gasteiger partial charge in [-0.1, -0.05) is 91.0 Å². The lowest BCUT2D eigenvalue weighted by atomic mass is 9.98. The summed E-state index contributed by atoms with van der Waals surface area (Å²) in [7, 11) is 1.74. The summed E-state index contributed by atoms with van der Waals surface area (Å²) in [6.07, 6.45) is 1.01. The van der Waals surface area contributed by atoms with Crippen molar-refractivity contribution < 1.29 is 14.4 Å². The van der Waals surface area contributed by atoms with Gasteiger partial charge in [-0.05, 0) is 29.5 Å². The van der Waals surface area contributed by atoms with E-state index in [1.54, 1.807) is 22.0 Å². The normalized spacial score (nSPS) is 19.9. The number of likely N-dealkylation sites (N-methyl/N-ethyl adjacent to an activating group) is 1. The van der Waals surface area contributed by atoms with Crippen LogP contribution in [0.25, 0.3) is 0 Å². The second kappa shape index (κ2) is 11.5. The summed E-state index contributed by atoms with van der Waals surface area (Å²) in [6, 6.07) is 28.2. The van der Waals surface area contributed by atoms with E-state index in [0.717, 1.165) is 24.0 Å². The van der Waals surface area contributed by atoms with Crippen molar-refractivity contribution in [1.82, 2.24) is 25.1 Å². The molecular weight excluding hydrogens is 478 g/mol. The Morgan fingerprint density at radius 1 is 0.868 bits per heavy atom. The molecule has 0 saturated carbocycles. The Bertz CT molecular complexity index is 1250. The van der Waals surface area contributed by atoms with Crippen LogP contribution < -0.4 is 5.32 Å². The van der Waals surface area contributed by atoms with E-state index < -0.39 is 12.2 Å². The molecule has 2 atom stereocenters. The molecule has 1 unspecified atom stereocenters. The van der Waals surface area contributed by atoms with Crippen molar-refractivity contribution in [2.45, 2.75) is 31.6 Å². The van der Waals surface area contributed by atoms with E-state index in [1.807, 2.05) is 83.8 Å². The second-order valence-corrected chi connectivity index (χ2v) is 9.77. The Hall–Kier alpha value is -4.17. The average molecular weight is 512 g/mol. The van der Waals surface area contributed by atoms with Gasteiger partial charge in [0.15, 0.2) is 0 Å². The number of benzene rings is 3. The molecule has 2 aliphatic rings. The summed E-state index contributed by atoms with van der Waals surface area (Å²) in [5.74, 6) is -0.279. The number of urea groups is 1. The largest absolute Gasteiger partial charge is 0.337 e. The fraction of sp³-hybridized carbons (Fsp3) is 0.300. The van der Waals surface area contributed by atoms with E-state index in [0.29, 0.717) is 13.1 Å². The molecule has 2 saturated heterocycles. The summed E-state index contributed by atoms with van der Waals surface area (Å²) < 4.78 is 0. The highest BCUT2D eigenvalue weighted by atomic mass is 16.2. The number of nitrogens with one attached hydrogen (secondary N) is 1. The first kappa shape index (κ1) is 25.5. The fourth-order valence-electron chi connectivity index (χ4n) is 5.33. The van der Waals surface area contributed by atoms with E-state index in [-0.39, 0.29) is 30.9 Å². The fourth-order valence-corrected chi connectivity index (χ4v) is 5.33. The lowest BCUT2D eigenvalue weighted by Crippen LogP contribution is -2.73. The molecule has 0 spiro atoms. The van der Waals surface area contributed by atoms with Crippen molar-refractivity contribution in [3.05, 3.63) is 108 Å². The van der Waals surface area contributed by atoms with Gasteiger partial charge in [0.05, 0.1) is 13.1 Å². The number of hydrogen-bond acceptors (Lipinski definition) is 4. The molecular formula is C30H33N5O3. The van der Waals surface area contributed by atoms with Gasteiger partial charge >= 0.3 is 6.03 Å². The predicted octanol–water partition coefficient (Wildman–Crippen LogP) is 3.43. The Morgan fingerprint density at radius 2 is 1.47 bits per heavy atom. The van der Waals surface area contributed by atoms with Crippen LogP contribution in [0.15, 0.2) is 91.0 Å². The number of rotatable bonds is 7. The number of amides is 4. The van der Waals surface area contributed by atoms with E-state index in [4.69, 9.17) is 0 Å².